The molecule has 1 unspecified atom stereocenters. The van der Waals surface area contributed by atoms with Gasteiger partial charge in [0.15, 0.2) is 11.5 Å². The van der Waals surface area contributed by atoms with E-state index in [9.17, 15) is 4.79 Å². The Morgan fingerprint density at radius 1 is 1.23 bits per heavy atom. The largest absolute Gasteiger partial charge is 0.493 e. The summed E-state index contributed by atoms with van der Waals surface area (Å²) in [6.45, 7) is 1.96. The van der Waals surface area contributed by atoms with Crippen molar-refractivity contribution in [2.45, 2.75) is 25.8 Å². The fraction of sp³-hybridized carbons (Fsp3) is 0.353. The summed E-state index contributed by atoms with van der Waals surface area (Å²) in [4.78, 5) is 12.0. The predicted octanol–water partition coefficient (Wildman–Crippen LogP) is 3.58. The standard InChI is InChI=1S/C17H21NO3S/c1-12(14-5-6-15(20-2)16(10-14)21-3)18-17(19)7-4-13-8-9-22-11-13/h5-6,8-12H,4,7H2,1-3H3,(H,18,19). The first-order valence-electron chi connectivity index (χ1n) is 7.16. The molecule has 0 saturated heterocycles. The molecule has 0 bridgehead atoms. The van der Waals surface area contributed by atoms with Crippen LogP contribution in [0.2, 0.25) is 0 Å². The summed E-state index contributed by atoms with van der Waals surface area (Å²) in [5, 5.41) is 7.12. The van der Waals surface area contributed by atoms with Crippen molar-refractivity contribution in [2.24, 2.45) is 0 Å². The minimum Gasteiger partial charge on any atom is -0.493 e. The molecule has 0 radical (unpaired) electrons. The van der Waals surface area contributed by atoms with Gasteiger partial charge in [-0.05, 0) is 53.4 Å². The number of carbonyl (C=O) groups excluding carboxylic acids is 1. The molecule has 5 heteroatoms. The summed E-state index contributed by atoms with van der Waals surface area (Å²) >= 11 is 1.65. The molecule has 1 heterocycles. The fourth-order valence-corrected chi connectivity index (χ4v) is 2.92. The molecule has 22 heavy (non-hydrogen) atoms. The van der Waals surface area contributed by atoms with Crippen LogP contribution < -0.4 is 14.8 Å². The lowest BCUT2D eigenvalue weighted by molar-refractivity contribution is -0.121. The van der Waals surface area contributed by atoms with Crippen molar-refractivity contribution in [3.63, 3.8) is 0 Å². The first-order valence-corrected chi connectivity index (χ1v) is 8.10. The number of benzene rings is 1. The average molecular weight is 319 g/mol. The summed E-state index contributed by atoms with van der Waals surface area (Å²) in [7, 11) is 3.21. The third kappa shape index (κ3) is 4.24. The fourth-order valence-electron chi connectivity index (χ4n) is 2.21. The minimum absolute atomic E-state index is 0.0495. The van der Waals surface area contributed by atoms with Gasteiger partial charge in [0.2, 0.25) is 5.91 Å². The second-order valence-electron chi connectivity index (χ2n) is 5.04. The van der Waals surface area contributed by atoms with Crippen LogP contribution in [0.5, 0.6) is 11.5 Å². The Morgan fingerprint density at radius 3 is 2.64 bits per heavy atom. The van der Waals surface area contributed by atoms with Crippen molar-refractivity contribution < 1.29 is 14.3 Å². The molecule has 2 aromatic rings. The van der Waals surface area contributed by atoms with Crippen molar-refractivity contribution in [3.8, 4) is 11.5 Å². The van der Waals surface area contributed by atoms with E-state index in [0.29, 0.717) is 17.9 Å². The Bertz CT molecular complexity index is 610. The molecule has 1 amide bonds. The molecule has 1 aromatic heterocycles. The number of amides is 1. The van der Waals surface area contributed by atoms with Crippen molar-refractivity contribution in [3.05, 3.63) is 46.2 Å². The summed E-state index contributed by atoms with van der Waals surface area (Å²) in [5.41, 5.74) is 2.19. The van der Waals surface area contributed by atoms with Crippen molar-refractivity contribution in [2.75, 3.05) is 14.2 Å². The van der Waals surface area contributed by atoms with E-state index >= 15 is 0 Å². The molecule has 2 rings (SSSR count). The number of hydrogen-bond acceptors (Lipinski definition) is 4. The monoisotopic (exact) mass is 319 g/mol. The lowest BCUT2D eigenvalue weighted by Gasteiger charge is -2.16. The van der Waals surface area contributed by atoms with Crippen molar-refractivity contribution >= 4 is 17.2 Å². The summed E-state index contributed by atoms with van der Waals surface area (Å²) in [5.74, 6) is 1.40. The maximum Gasteiger partial charge on any atom is 0.220 e. The van der Waals surface area contributed by atoms with Crippen LogP contribution in [-0.4, -0.2) is 20.1 Å². The Labute approximate surface area is 135 Å². The number of thiophene rings is 1. The van der Waals surface area contributed by atoms with Gasteiger partial charge in [0.1, 0.15) is 0 Å². The number of methoxy groups -OCH3 is 2. The Morgan fingerprint density at radius 2 is 2.00 bits per heavy atom. The third-order valence-corrected chi connectivity index (χ3v) is 4.24. The van der Waals surface area contributed by atoms with Crippen LogP contribution >= 0.6 is 11.3 Å². The molecule has 0 aliphatic heterocycles. The second kappa shape index (κ2) is 7.84. The van der Waals surface area contributed by atoms with Crippen LogP contribution in [0.3, 0.4) is 0 Å². The Kier molecular flexibility index (Phi) is 5.83. The smallest absolute Gasteiger partial charge is 0.220 e. The zero-order chi connectivity index (χ0) is 15.9. The molecule has 1 N–H and O–H groups in total. The number of nitrogens with one attached hydrogen (secondary N) is 1. The molecule has 0 aliphatic rings. The maximum absolute atomic E-state index is 12.0. The maximum atomic E-state index is 12.0. The molecule has 0 fully saturated rings. The number of ether oxygens (including phenoxy) is 2. The van der Waals surface area contributed by atoms with Gasteiger partial charge >= 0.3 is 0 Å². The third-order valence-electron chi connectivity index (χ3n) is 3.51. The predicted molar refractivity (Wildman–Crippen MR) is 88.7 cm³/mol. The zero-order valence-electron chi connectivity index (χ0n) is 13.1. The SMILES string of the molecule is COc1ccc(C(C)NC(=O)CCc2ccsc2)cc1OC. The highest BCUT2D eigenvalue weighted by Gasteiger charge is 2.12. The van der Waals surface area contributed by atoms with E-state index < -0.39 is 0 Å². The molecule has 4 nitrogen and oxygen atoms in total. The lowest BCUT2D eigenvalue weighted by atomic mass is 10.1. The number of hydrogen-bond donors (Lipinski definition) is 1. The Balaban J connectivity index is 1.93. The van der Waals surface area contributed by atoms with E-state index in [-0.39, 0.29) is 11.9 Å². The van der Waals surface area contributed by atoms with E-state index in [1.165, 1.54) is 5.56 Å². The van der Waals surface area contributed by atoms with Gasteiger partial charge in [0.05, 0.1) is 20.3 Å². The van der Waals surface area contributed by atoms with Gasteiger partial charge in [-0.25, -0.2) is 0 Å². The molecule has 1 aromatic carbocycles. The molecule has 1 atom stereocenters. The average Bonchev–Trinajstić information content (AvgIpc) is 3.05. The molecular weight excluding hydrogens is 298 g/mol. The van der Waals surface area contributed by atoms with Crippen LogP contribution in [0.25, 0.3) is 0 Å². The highest BCUT2D eigenvalue weighted by molar-refractivity contribution is 7.07. The summed E-state index contributed by atoms with van der Waals surface area (Å²) in [6, 6.07) is 7.65. The van der Waals surface area contributed by atoms with Crippen LogP contribution in [0.1, 0.15) is 30.5 Å². The number of rotatable bonds is 7. The minimum atomic E-state index is -0.0743. The molecule has 0 spiro atoms. The van der Waals surface area contributed by atoms with Crippen molar-refractivity contribution in [1.29, 1.82) is 0 Å². The van der Waals surface area contributed by atoms with Crippen LogP contribution in [0.4, 0.5) is 0 Å². The van der Waals surface area contributed by atoms with Gasteiger partial charge in [-0.15, -0.1) is 0 Å². The van der Waals surface area contributed by atoms with Gasteiger partial charge in [-0.1, -0.05) is 6.07 Å². The topological polar surface area (TPSA) is 47.6 Å². The van der Waals surface area contributed by atoms with Crippen LogP contribution in [-0.2, 0) is 11.2 Å². The van der Waals surface area contributed by atoms with Gasteiger partial charge < -0.3 is 14.8 Å². The quantitative estimate of drug-likeness (QED) is 0.848. The zero-order valence-corrected chi connectivity index (χ0v) is 13.9. The van der Waals surface area contributed by atoms with Crippen LogP contribution in [0.15, 0.2) is 35.0 Å². The number of aryl methyl sites for hydroxylation is 1. The summed E-state index contributed by atoms with van der Waals surface area (Å²) in [6.07, 6.45) is 1.27. The van der Waals surface area contributed by atoms with E-state index in [0.717, 1.165) is 12.0 Å². The Hall–Kier alpha value is -2.01. The highest BCUT2D eigenvalue weighted by atomic mass is 32.1. The number of carbonyl (C=O) groups is 1. The van der Waals surface area contributed by atoms with Crippen LogP contribution in [0, 0.1) is 0 Å². The van der Waals surface area contributed by atoms with E-state index in [1.807, 2.05) is 30.5 Å². The second-order valence-corrected chi connectivity index (χ2v) is 5.82. The molecule has 0 saturated carbocycles. The first-order chi connectivity index (χ1) is 10.6. The van der Waals surface area contributed by atoms with Gasteiger partial charge in [-0.3, -0.25) is 4.79 Å². The van der Waals surface area contributed by atoms with Gasteiger partial charge in [-0.2, -0.15) is 11.3 Å². The lowest BCUT2D eigenvalue weighted by Crippen LogP contribution is -2.26. The van der Waals surface area contributed by atoms with E-state index in [2.05, 4.69) is 16.8 Å². The molecule has 0 aliphatic carbocycles. The molecule has 118 valence electrons. The highest BCUT2D eigenvalue weighted by Crippen LogP contribution is 2.29. The van der Waals surface area contributed by atoms with Gasteiger partial charge in [0, 0.05) is 6.42 Å². The van der Waals surface area contributed by atoms with E-state index in [1.54, 1.807) is 25.6 Å². The first kappa shape index (κ1) is 16.4. The molecular formula is C17H21NO3S. The van der Waals surface area contributed by atoms with Crippen molar-refractivity contribution in [1.82, 2.24) is 5.32 Å². The summed E-state index contributed by atoms with van der Waals surface area (Å²) < 4.78 is 10.5. The van der Waals surface area contributed by atoms with Gasteiger partial charge in [0.25, 0.3) is 0 Å². The normalized spacial score (nSPS) is 11.8. The van der Waals surface area contributed by atoms with E-state index in [4.69, 9.17) is 9.47 Å².